The van der Waals surface area contributed by atoms with Gasteiger partial charge in [0.15, 0.2) is 5.11 Å². The zero-order chi connectivity index (χ0) is 16.9. The number of hydrogen-bond acceptors (Lipinski definition) is 5. The smallest absolute Gasteiger partial charge is 0.186 e. The summed E-state index contributed by atoms with van der Waals surface area (Å²) in [5, 5.41) is 16.2. The Balaban J connectivity index is 2.36. The second kappa shape index (κ2) is 11.4. The Morgan fingerprint density at radius 3 is 2.83 bits per heavy atom. The maximum Gasteiger partial charge on any atom is 0.186 e. The molecule has 0 fully saturated rings. The fourth-order valence-corrected chi connectivity index (χ4v) is 1.94. The van der Waals surface area contributed by atoms with Crippen molar-refractivity contribution in [3.05, 3.63) is 29.8 Å². The lowest BCUT2D eigenvalue weighted by Gasteiger charge is -2.17. The second-order valence-electron chi connectivity index (χ2n) is 4.89. The monoisotopic (exact) mass is 333 g/mol. The third-order valence-corrected chi connectivity index (χ3v) is 3.32. The molecule has 7 heteroatoms. The number of anilines is 1. The number of nitrogens with zero attached hydrogens (tertiary/aromatic N) is 3. The first-order valence-electron chi connectivity index (χ1n) is 7.41. The predicted octanol–water partition coefficient (Wildman–Crippen LogP) is 1.87. The number of thiocarbonyl (C=S) groups is 1. The lowest BCUT2D eigenvalue weighted by Crippen LogP contribution is -2.33. The molecular weight excluding hydrogens is 310 g/mol. The fourth-order valence-electron chi connectivity index (χ4n) is 1.79. The Kier molecular flexibility index (Phi) is 9.36. The van der Waals surface area contributed by atoms with Gasteiger partial charge in [-0.1, -0.05) is 12.1 Å². The number of nitrogens with one attached hydrogen (secondary N) is 2. The van der Waals surface area contributed by atoms with Crippen LogP contribution < -0.4 is 15.6 Å². The first-order chi connectivity index (χ1) is 11.2. The summed E-state index contributed by atoms with van der Waals surface area (Å²) in [6.45, 7) is 2.17. The third kappa shape index (κ3) is 8.14. The molecule has 0 aliphatic heterocycles. The third-order valence-electron chi connectivity index (χ3n) is 3.08. The van der Waals surface area contributed by atoms with E-state index in [-0.39, 0.29) is 0 Å². The van der Waals surface area contributed by atoms with Crippen LogP contribution in [-0.4, -0.2) is 45.2 Å². The normalized spacial score (nSPS) is 10.3. The van der Waals surface area contributed by atoms with Crippen molar-refractivity contribution < 1.29 is 4.74 Å². The molecular formula is C16H23N5OS. The number of hydrogen-bond donors (Lipinski definition) is 2. The van der Waals surface area contributed by atoms with Crippen LogP contribution in [0.25, 0.3) is 0 Å². The highest BCUT2D eigenvalue weighted by Gasteiger charge is 1.99. The van der Waals surface area contributed by atoms with E-state index in [0.29, 0.717) is 24.7 Å². The topological polar surface area (TPSA) is 72.7 Å². The summed E-state index contributed by atoms with van der Waals surface area (Å²) in [4.78, 5) is 2.04. The van der Waals surface area contributed by atoms with Gasteiger partial charge in [0.1, 0.15) is 0 Å². The average Bonchev–Trinajstić information content (AvgIpc) is 2.57. The average molecular weight is 333 g/mol. The standard InChI is InChI=1S/C16H23N5OS/c1-21(11-3-9-17)15-7-5-14(6-8-15)13-19-20-16(23)18-10-4-12-22-2/h5-8,13H,3-4,10-12H2,1-2H3,(H2,18,20,23)/b19-13+. The molecule has 1 rings (SSSR count). The highest BCUT2D eigenvalue weighted by molar-refractivity contribution is 7.80. The van der Waals surface area contributed by atoms with E-state index in [2.05, 4.69) is 21.9 Å². The van der Waals surface area contributed by atoms with Crippen molar-refractivity contribution in [2.75, 3.05) is 38.8 Å². The maximum absolute atomic E-state index is 8.61. The summed E-state index contributed by atoms with van der Waals surface area (Å²) in [7, 11) is 3.64. The number of nitriles is 1. The number of ether oxygens (including phenoxy) is 1. The van der Waals surface area contributed by atoms with Crippen LogP contribution in [0.1, 0.15) is 18.4 Å². The van der Waals surface area contributed by atoms with Crippen LogP contribution in [0.2, 0.25) is 0 Å². The van der Waals surface area contributed by atoms with Crippen molar-refractivity contribution in [1.29, 1.82) is 5.26 Å². The molecule has 0 saturated carbocycles. The van der Waals surface area contributed by atoms with Gasteiger partial charge in [-0.25, -0.2) is 0 Å². The van der Waals surface area contributed by atoms with Gasteiger partial charge < -0.3 is 15.0 Å². The van der Waals surface area contributed by atoms with Crippen molar-refractivity contribution in [3.8, 4) is 6.07 Å². The molecule has 0 heterocycles. The Hall–Kier alpha value is -2.17. The van der Waals surface area contributed by atoms with E-state index in [9.17, 15) is 0 Å². The minimum atomic E-state index is 0.491. The summed E-state index contributed by atoms with van der Waals surface area (Å²) in [6.07, 6.45) is 3.11. The van der Waals surface area contributed by atoms with Gasteiger partial charge in [-0.2, -0.15) is 10.4 Å². The van der Waals surface area contributed by atoms with Gasteiger partial charge in [0.2, 0.25) is 0 Å². The van der Waals surface area contributed by atoms with Gasteiger partial charge in [0, 0.05) is 39.5 Å². The van der Waals surface area contributed by atoms with E-state index in [1.165, 1.54) is 0 Å². The molecule has 0 bridgehead atoms. The molecule has 0 saturated heterocycles. The number of rotatable bonds is 9. The second-order valence-corrected chi connectivity index (χ2v) is 5.30. The first kappa shape index (κ1) is 18.9. The Morgan fingerprint density at radius 2 is 2.17 bits per heavy atom. The number of methoxy groups -OCH3 is 1. The van der Waals surface area contributed by atoms with E-state index in [1.807, 2.05) is 36.2 Å². The molecule has 0 amide bonds. The van der Waals surface area contributed by atoms with Crippen molar-refractivity contribution in [1.82, 2.24) is 10.7 Å². The molecule has 0 unspecified atom stereocenters. The maximum atomic E-state index is 8.61. The van der Waals surface area contributed by atoms with E-state index in [4.69, 9.17) is 22.2 Å². The van der Waals surface area contributed by atoms with Crippen molar-refractivity contribution in [2.24, 2.45) is 5.10 Å². The molecule has 0 aromatic heterocycles. The largest absolute Gasteiger partial charge is 0.385 e. The van der Waals surface area contributed by atoms with Crippen molar-refractivity contribution in [2.45, 2.75) is 12.8 Å². The quantitative estimate of drug-likeness (QED) is 0.311. The predicted molar refractivity (Wildman–Crippen MR) is 97.8 cm³/mol. The van der Waals surface area contributed by atoms with E-state index < -0.39 is 0 Å². The summed E-state index contributed by atoms with van der Waals surface area (Å²) >= 11 is 5.10. The molecule has 0 atom stereocenters. The molecule has 2 N–H and O–H groups in total. The summed E-state index contributed by atoms with van der Waals surface area (Å²) in [6, 6.07) is 10.1. The first-order valence-corrected chi connectivity index (χ1v) is 7.82. The highest BCUT2D eigenvalue weighted by Crippen LogP contribution is 2.13. The molecule has 6 nitrogen and oxygen atoms in total. The van der Waals surface area contributed by atoms with E-state index in [0.717, 1.165) is 24.2 Å². The van der Waals surface area contributed by atoms with Gasteiger partial charge in [0.25, 0.3) is 0 Å². The molecule has 0 radical (unpaired) electrons. The summed E-state index contributed by atoms with van der Waals surface area (Å²) in [5.41, 5.74) is 4.82. The lowest BCUT2D eigenvalue weighted by atomic mass is 10.2. The van der Waals surface area contributed by atoms with Crippen LogP contribution in [0.4, 0.5) is 5.69 Å². The van der Waals surface area contributed by atoms with Crippen LogP contribution in [0.5, 0.6) is 0 Å². The molecule has 124 valence electrons. The molecule has 23 heavy (non-hydrogen) atoms. The summed E-state index contributed by atoms with van der Waals surface area (Å²) in [5.74, 6) is 0. The molecule has 0 aliphatic rings. The van der Waals surface area contributed by atoms with Crippen LogP contribution in [-0.2, 0) is 4.74 Å². The zero-order valence-electron chi connectivity index (χ0n) is 13.6. The van der Waals surface area contributed by atoms with Crippen molar-refractivity contribution >= 4 is 29.2 Å². The van der Waals surface area contributed by atoms with Crippen molar-refractivity contribution in [3.63, 3.8) is 0 Å². The Morgan fingerprint density at radius 1 is 1.43 bits per heavy atom. The van der Waals surface area contributed by atoms with Gasteiger partial charge in [0.05, 0.1) is 18.7 Å². The van der Waals surface area contributed by atoms with Gasteiger partial charge in [-0.3, -0.25) is 5.43 Å². The van der Waals surface area contributed by atoms with Gasteiger partial charge >= 0.3 is 0 Å². The van der Waals surface area contributed by atoms with Crippen LogP contribution in [0, 0.1) is 11.3 Å². The summed E-state index contributed by atoms with van der Waals surface area (Å²) < 4.78 is 4.96. The number of benzene rings is 1. The van der Waals surface area contributed by atoms with Crippen LogP contribution in [0.3, 0.4) is 0 Å². The minimum absolute atomic E-state index is 0.491. The SMILES string of the molecule is COCCCNC(=S)N/N=C/c1ccc(N(C)CCC#N)cc1. The van der Waals surface area contributed by atoms with Crippen LogP contribution >= 0.6 is 12.2 Å². The minimum Gasteiger partial charge on any atom is -0.385 e. The molecule has 1 aromatic carbocycles. The molecule has 1 aromatic rings. The van der Waals surface area contributed by atoms with E-state index in [1.54, 1.807) is 13.3 Å². The van der Waals surface area contributed by atoms with Crippen LogP contribution in [0.15, 0.2) is 29.4 Å². The van der Waals surface area contributed by atoms with Gasteiger partial charge in [-0.15, -0.1) is 0 Å². The van der Waals surface area contributed by atoms with E-state index >= 15 is 0 Å². The molecule has 0 spiro atoms. The van der Waals surface area contributed by atoms with Gasteiger partial charge in [-0.05, 0) is 36.3 Å². The lowest BCUT2D eigenvalue weighted by molar-refractivity contribution is 0.195. The Labute approximate surface area is 143 Å². The highest BCUT2D eigenvalue weighted by atomic mass is 32.1. The Bertz CT molecular complexity index is 538. The zero-order valence-corrected chi connectivity index (χ0v) is 14.4. The fraction of sp³-hybridized carbons (Fsp3) is 0.438. The number of hydrazone groups is 1. The molecule has 0 aliphatic carbocycles.